The molecule has 2 aromatic carbocycles. The van der Waals surface area contributed by atoms with Gasteiger partial charge in [0.25, 0.3) is 0 Å². The number of hydrogen-bond donors (Lipinski definition) is 1. The number of rotatable bonds is 7. The molecule has 1 aliphatic rings. The Kier molecular flexibility index (Phi) is 7.12. The van der Waals surface area contributed by atoms with Gasteiger partial charge in [-0.05, 0) is 54.9 Å². The molecule has 3 rings (SSSR count). The fourth-order valence-electron chi connectivity index (χ4n) is 3.28. The van der Waals surface area contributed by atoms with Crippen LogP contribution in [-0.2, 0) is 11.3 Å². The number of anilines is 2. The van der Waals surface area contributed by atoms with Gasteiger partial charge in [-0.2, -0.15) is 0 Å². The van der Waals surface area contributed by atoms with Gasteiger partial charge in [0, 0.05) is 51.2 Å². The van der Waals surface area contributed by atoms with Crippen LogP contribution < -0.4 is 15.0 Å². The molecule has 1 saturated heterocycles. The van der Waals surface area contributed by atoms with Gasteiger partial charge in [-0.25, -0.2) is 0 Å². The molecule has 0 spiro atoms. The summed E-state index contributed by atoms with van der Waals surface area (Å²) >= 11 is 5.75. The van der Waals surface area contributed by atoms with Crippen LogP contribution in [0.5, 0.6) is 5.75 Å². The van der Waals surface area contributed by atoms with E-state index in [-0.39, 0.29) is 6.10 Å². The molecular weight excluding hydrogens is 370 g/mol. The topological polar surface area (TPSA) is 37.0 Å². The normalized spacial score (nSPS) is 15.9. The standard InChI is InChI=1S/C22H29N3O2S/c1-24(2)19-11-9-17(10-12-19)15-25(16-21-8-5-13-27-21)22(28)23-18-6-4-7-20(14-18)26-3/h4,6-7,9-12,14,21H,5,8,13,15-16H2,1-3H3,(H,23,28). The Morgan fingerprint density at radius 1 is 1.21 bits per heavy atom. The molecule has 2 aromatic rings. The Morgan fingerprint density at radius 3 is 2.64 bits per heavy atom. The Morgan fingerprint density at radius 2 is 2.00 bits per heavy atom. The van der Waals surface area contributed by atoms with Crippen molar-refractivity contribution in [3.63, 3.8) is 0 Å². The second kappa shape index (κ2) is 9.75. The van der Waals surface area contributed by atoms with Gasteiger partial charge >= 0.3 is 0 Å². The van der Waals surface area contributed by atoms with E-state index >= 15 is 0 Å². The summed E-state index contributed by atoms with van der Waals surface area (Å²) in [7, 11) is 5.76. The third-order valence-corrected chi connectivity index (χ3v) is 5.24. The van der Waals surface area contributed by atoms with Crippen LogP contribution in [0.4, 0.5) is 11.4 Å². The van der Waals surface area contributed by atoms with Crippen molar-refractivity contribution in [3.05, 3.63) is 54.1 Å². The fourth-order valence-corrected chi connectivity index (χ4v) is 3.53. The summed E-state index contributed by atoms with van der Waals surface area (Å²) < 4.78 is 11.2. The zero-order valence-corrected chi connectivity index (χ0v) is 17.7. The third-order valence-electron chi connectivity index (χ3n) is 4.88. The molecule has 1 fully saturated rings. The third kappa shape index (κ3) is 5.59. The van der Waals surface area contributed by atoms with Crippen molar-refractivity contribution in [2.75, 3.05) is 44.6 Å². The van der Waals surface area contributed by atoms with E-state index in [0.717, 1.165) is 44.0 Å². The van der Waals surface area contributed by atoms with Crippen molar-refractivity contribution >= 4 is 28.7 Å². The zero-order valence-electron chi connectivity index (χ0n) is 16.9. The van der Waals surface area contributed by atoms with Gasteiger partial charge in [0.1, 0.15) is 5.75 Å². The molecule has 150 valence electrons. The first-order valence-electron chi connectivity index (χ1n) is 9.63. The summed E-state index contributed by atoms with van der Waals surface area (Å²) in [6.45, 7) is 2.36. The molecule has 0 amide bonds. The molecule has 1 heterocycles. The molecule has 1 aliphatic heterocycles. The molecular formula is C22H29N3O2S. The first kappa shape index (κ1) is 20.4. The lowest BCUT2D eigenvalue weighted by molar-refractivity contribution is 0.0905. The predicted molar refractivity (Wildman–Crippen MR) is 119 cm³/mol. The quantitative estimate of drug-likeness (QED) is 0.706. The van der Waals surface area contributed by atoms with E-state index in [4.69, 9.17) is 21.7 Å². The molecule has 1 N–H and O–H groups in total. The van der Waals surface area contributed by atoms with E-state index in [1.165, 1.54) is 11.3 Å². The number of benzene rings is 2. The minimum atomic E-state index is 0.228. The SMILES string of the molecule is COc1cccc(NC(=S)N(Cc2ccc(N(C)C)cc2)CC2CCCO2)c1. The fraction of sp³-hybridized carbons (Fsp3) is 0.409. The number of ether oxygens (including phenoxy) is 2. The molecule has 0 radical (unpaired) electrons. The minimum absolute atomic E-state index is 0.228. The Hall–Kier alpha value is -2.31. The van der Waals surface area contributed by atoms with E-state index in [2.05, 4.69) is 39.4 Å². The van der Waals surface area contributed by atoms with Crippen LogP contribution in [0.25, 0.3) is 0 Å². The van der Waals surface area contributed by atoms with Crippen LogP contribution in [0.3, 0.4) is 0 Å². The Balaban J connectivity index is 1.72. The monoisotopic (exact) mass is 399 g/mol. The smallest absolute Gasteiger partial charge is 0.173 e. The largest absolute Gasteiger partial charge is 0.497 e. The lowest BCUT2D eigenvalue weighted by Gasteiger charge is -2.28. The Labute approximate surface area is 173 Å². The highest BCUT2D eigenvalue weighted by atomic mass is 32.1. The highest BCUT2D eigenvalue weighted by molar-refractivity contribution is 7.80. The predicted octanol–water partition coefficient (Wildman–Crippen LogP) is 4.14. The van der Waals surface area contributed by atoms with Gasteiger partial charge in [-0.1, -0.05) is 18.2 Å². The highest BCUT2D eigenvalue weighted by Gasteiger charge is 2.21. The number of nitrogens with zero attached hydrogens (tertiary/aromatic N) is 2. The number of methoxy groups -OCH3 is 1. The van der Waals surface area contributed by atoms with Crippen LogP contribution in [0, 0.1) is 0 Å². The maximum Gasteiger partial charge on any atom is 0.173 e. The lowest BCUT2D eigenvalue weighted by Crippen LogP contribution is -2.39. The molecule has 6 heteroatoms. The number of hydrogen-bond acceptors (Lipinski definition) is 4. The van der Waals surface area contributed by atoms with Crippen LogP contribution in [-0.4, -0.2) is 50.5 Å². The van der Waals surface area contributed by atoms with Gasteiger partial charge in [0.05, 0.1) is 13.2 Å². The summed E-state index contributed by atoms with van der Waals surface area (Å²) in [5.41, 5.74) is 3.33. The average molecular weight is 400 g/mol. The van der Waals surface area contributed by atoms with Gasteiger partial charge in [0.15, 0.2) is 5.11 Å². The minimum Gasteiger partial charge on any atom is -0.497 e. The molecule has 0 aliphatic carbocycles. The summed E-state index contributed by atoms with van der Waals surface area (Å²) in [5, 5.41) is 4.05. The van der Waals surface area contributed by atoms with E-state index in [0.29, 0.717) is 5.11 Å². The van der Waals surface area contributed by atoms with Crippen molar-refractivity contribution in [1.82, 2.24) is 4.90 Å². The summed E-state index contributed by atoms with van der Waals surface area (Å²) in [6.07, 6.45) is 2.43. The summed E-state index contributed by atoms with van der Waals surface area (Å²) in [5.74, 6) is 0.803. The van der Waals surface area contributed by atoms with Crippen molar-refractivity contribution in [2.24, 2.45) is 0 Å². The van der Waals surface area contributed by atoms with Gasteiger partial charge in [-0.15, -0.1) is 0 Å². The first-order chi connectivity index (χ1) is 13.5. The van der Waals surface area contributed by atoms with Crippen LogP contribution in [0.15, 0.2) is 48.5 Å². The maximum absolute atomic E-state index is 5.85. The molecule has 28 heavy (non-hydrogen) atoms. The zero-order chi connectivity index (χ0) is 19.9. The van der Waals surface area contributed by atoms with E-state index in [1.807, 2.05) is 38.4 Å². The second-order valence-corrected chi connectivity index (χ2v) is 7.63. The summed E-state index contributed by atoms with van der Waals surface area (Å²) in [4.78, 5) is 4.29. The molecule has 5 nitrogen and oxygen atoms in total. The van der Waals surface area contributed by atoms with E-state index in [9.17, 15) is 0 Å². The molecule has 0 bridgehead atoms. The maximum atomic E-state index is 5.85. The molecule has 1 atom stereocenters. The summed E-state index contributed by atoms with van der Waals surface area (Å²) in [6, 6.07) is 16.4. The first-order valence-corrected chi connectivity index (χ1v) is 10.0. The van der Waals surface area contributed by atoms with Crippen LogP contribution in [0.2, 0.25) is 0 Å². The van der Waals surface area contributed by atoms with Gasteiger partial charge in [-0.3, -0.25) is 0 Å². The van der Waals surface area contributed by atoms with E-state index < -0.39 is 0 Å². The lowest BCUT2D eigenvalue weighted by atomic mass is 10.1. The van der Waals surface area contributed by atoms with Crippen molar-refractivity contribution in [3.8, 4) is 5.75 Å². The van der Waals surface area contributed by atoms with Crippen molar-refractivity contribution in [2.45, 2.75) is 25.5 Å². The highest BCUT2D eigenvalue weighted by Crippen LogP contribution is 2.20. The number of nitrogens with one attached hydrogen (secondary N) is 1. The Bertz CT molecular complexity index is 774. The second-order valence-electron chi connectivity index (χ2n) is 7.24. The number of thiocarbonyl (C=S) groups is 1. The average Bonchev–Trinajstić information content (AvgIpc) is 3.21. The molecule has 0 aromatic heterocycles. The van der Waals surface area contributed by atoms with Crippen molar-refractivity contribution in [1.29, 1.82) is 0 Å². The molecule has 0 saturated carbocycles. The van der Waals surface area contributed by atoms with Crippen molar-refractivity contribution < 1.29 is 9.47 Å². The van der Waals surface area contributed by atoms with Crippen LogP contribution >= 0.6 is 12.2 Å². The van der Waals surface area contributed by atoms with Gasteiger partial charge < -0.3 is 24.6 Å². The van der Waals surface area contributed by atoms with Crippen LogP contribution in [0.1, 0.15) is 18.4 Å². The molecule has 1 unspecified atom stereocenters. The van der Waals surface area contributed by atoms with Gasteiger partial charge in [0.2, 0.25) is 0 Å². The van der Waals surface area contributed by atoms with E-state index in [1.54, 1.807) is 7.11 Å².